The number of hydrogen-bond acceptors (Lipinski definition) is 14. The van der Waals surface area contributed by atoms with E-state index in [0.29, 0.717) is 140 Å². The molecule has 0 radical (unpaired) electrons. The number of Topliss-reactive ketones (excluding diaryl/α,β-unsaturated/α-hetero) is 6. The number of ketones is 6. The van der Waals surface area contributed by atoms with Gasteiger partial charge in [-0.05, 0) is 161 Å². The molecule has 0 saturated carbocycles. The van der Waals surface area contributed by atoms with Gasteiger partial charge in [0.2, 0.25) is 17.7 Å². The second-order valence-electron chi connectivity index (χ2n) is 24.0. The Bertz CT molecular complexity index is 1650. The molecule has 17 nitrogen and oxygen atoms in total. The summed E-state index contributed by atoms with van der Waals surface area (Å²) in [6, 6.07) is 0. The lowest BCUT2D eigenvalue weighted by atomic mass is 10.0. The van der Waals surface area contributed by atoms with Gasteiger partial charge in [0.25, 0.3) is 0 Å². The quantitative estimate of drug-likeness (QED) is 0.0263. The monoisotopic (exact) mass is 1240 g/mol. The molecule has 0 heterocycles. The molecule has 10 N–H and O–H groups in total. The first kappa shape index (κ1) is 87.4. The average Bonchev–Trinajstić information content (AvgIpc) is 3.50. The van der Waals surface area contributed by atoms with E-state index in [-0.39, 0.29) is 54.9 Å². The number of carbonyl (C=O) groups is 9. The van der Waals surface area contributed by atoms with Crippen molar-refractivity contribution in [2.75, 3.05) is 52.5 Å². The van der Waals surface area contributed by atoms with E-state index in [4.69, 9.17) is 26.8 Å². The first-order valence-corrected chi connectivity index (χ1v) is 35.4. The van der Waals surface area contributed by atoms with Gasteiger partial charge in [0.1, 0.15) is 34.7 Å². The van der Waals surface area contributed by atoms with E-state index < -0.39 is 0 Å². The third kappa shape index (κ3) is 76.4. The molecule has 87 heavy (non-hydrogen) atoms. The van der Waals surface area contributed by atoms with Crippen LogP contribution in [0.15, 0.2) is 0 Å². The number of rotatable bonds is 66. The van der Waals surface area contributed by atoms with Crippen LogP contribution in [0.3, 0.4) is 0 Å². The average molecular weight is 1240 g/mol. The van der Waals surface area contributed by atoms with Crippen molar-refractivity contribution in [3.8, 4) is 0 Å². The predicted molar refractivity (Wildman–Crippen MR) is 354 cm³/mol. The van der Waals surface area contributed by atoms with Gasteiger partial charge in [-0.3, -0.25) is 43.2 Å². The van der Waals surface area contributed by atoms with Crippen molar-refractivity contribution in [2.24, 2.45) is 11.5 Å². The molecule has 0 aliphatic carbocycles. The number of aliphatic hydroxyl groups is 3. The van der Waals surface area contributed by atoms with Crippen LogP contribution in [0.5, 0.6) is 0 Å². The molecule has 0 bridgehead atoms. The summed E-state index contributed by atoms with van der Waals surface area (Å²) in [4.78, 5) is 106. The fraction of sp³-hybridized carbons (Fsp3) is 0.871. The number of aliphatic hydroxyl groups excluding tert-OH is 3. The molecule has 0 atom stereocenters. The fourth-order valence-corrected chi connectivity index (χ4v) is 9.79. The third-order valence-corrected chi connectivity index (χ3v) is 15.4. The van der Waals surface area contributed by atoms with E-state index in [1.807, 2.05) is 0 Å². The Morgan fingerprint density at radius 3 is 0.632 bits per heavy atom. The van der Waals surface area contributed by atoms with Crippen molar-refractivity contribution in [1.82, 2.24) is 16.0 Å². The summed E-state index contributed by atoms with van der Waals surface area (Å²) in [7, 11) is 0. The van der Waals surface area contributed by atoms with Gasteiger partial charge in [-0.2, -0.15) is 0 Å². The van der Waals surface area contributed by atoms with Crippen LogP contribution in [-0.2, 0) is 43.2 Å². The molecule has 0 spiro atoms. The lowest BCUT2D eigenvalue weighted by Crippen LogP contribution is -2.24. The van der Waals surface area contributed by atoms with Crippen molar-refractivity contribution in [2.45, 2.75) is 341 Å². The molecule has 17 heteroatoms. The van der Waals surface area contributed by atoms with Gasteiger partial charge in [0.15, 0.2) is 0 Å². The summed E-state index contributed by atoms with van der Waals surface area (Å²) < 4.78 is 0. The highest BCUT2D eigenvalue weighted by Crippen LogP contribution is 2.14. The highest BCUT2D eigenvalue weighted by Gasteiger charge is 2.10. The lowest BCUT2D eigenvalue weighted by molar-refractivity contribution is -0.122. The molecule has 0 saturated heterocycles. The van der Waals surface area contributed by atoms with Crippen molar-refractivity contribution in [3.63, 3.8) is 0 Å². The molecule has 510 valence electrons. The molecule has 3 amide bonds. The SMILES string of the molecule is CCCCCCCNC(=O)CCCCC(=O)CCCCN.NCCCCC(=O)CCCCC(=O)NCCCCCCCC(=O)CCCCCO.O=C(CCCCCO)CCCCCCCNC(=O)CCCCC(=O)CCCCCC(=O)CCCCCO. The maximum absolute atomic E-state index is 12.0. The van der Waals surface area contributed by atoms with E-state index in [0.717, 1.165) is 218 Å². The van der Waals surface area contributed by atoms with Crippen LogP contribution in [0.4, 0.5) is 0 Å². The van der Waals surface area contributed by atoms with Crippen LogP contribution in [0, 0.1) is 0 Å². The predicted octanol–water partition coefficient (Wildman–Crippen LogP) is 12.9. The minimum atomic E-state index is 0.0558. The van der Waals surface area contributed by atoms with Crippen LogP contribution in [0.2, 0.25) is 0 Å². The molecule has 0 aromatic rings. The molecular weight excluding hydrogens is 1100 g/mol. The van der Waals surface area contributed by atoms with Gasteiger partial charge >= 0.3 is 0 Å². The topological polar surface area (TPSA) is 302 Å². The molecule has 0 rings (SSSR count). The van der Waals surface area contributed by atoms with Gasteiger partial charge in [0, 0.05) is 136 Å². The molecule has 0 fully saturated rings. The largest absolute Gasteiger partial charge is 0.396 e. The van der Waals surface area contributed by atoms with E-state index in [2.05, 4.69) is 22.9 Å². The normalized spacial score (nSPS) is 10.8. The molecule has 0 aliphatic heterocycles. The zero-order valence-electron chi connectivity index (χ0n) is 55.6. The fourth-order valence-electron chi connectivity index (χ4n) is 9.79. The van der Waals surface area contributed by atoms with E-state index in [9.17, 15) is 43.2 Å². The highest BCUT2D eigenvalue weighted by molar-refractivity contribution is 5.81. The molecule has 0 aromatic carbocycles. The number of amides is 3. The van der Waals surface area contributed by atoms with Crippen molar-refractivity contribution in [3.05, 3.63) is 0 Å². The Morgan fingerprint density at radius 1 is 0.230 bits per heavy atom. The molecular formula is C70H133N5O12. The van der Waals surface area contributed by atoms with Gasteiger partial charge < -0.3 is 42.7 Å². The second-order valence-corrected chi connectivity index (χ2v) is 24.0. The standard InChI is InChI=1S/C30H55NO6.C23H44N2O4.C17H34N2O2/c32-25-15-5-10-20-27(34)17-7-2-1-3-14-24-31-30(37)23-13-12-22-29(36)19-9-4-8-18-28(35)21-11-6-16-26-33;24-18-10-9-16-22(28)15-7-8-17-23(29)25-19-11-3-1-2-5-13-21(27)14-6-4-12-20-26;1-2-3-4-5-10-15-19-17(21)13-7-6-11-16(20)12-8-9-14-18/h32-33H,1-26H2,(H,31,37);26H,1-20,24H2,(H,25,29);2-15,18H2,1H3,(H,19,21). The van der Waals surface area contributed by atoms with Gasteiger partial charge in [-0.15, -0.1) is 0 Å². The van der Waals surface area contributed by atoms with Gasteiger partial charge in [0.05, 0.1) is 0 Å². The minimum Gasteiger partial charge on any atom is -0.396 e. The van der Waals surface area contributed by atoms with E-state index in [1.165, 1.54) is 25.7 Å². The van der Waals surface area contributed by atoms with Gasteiger partial charge in [-0.25, -0.2) is 0 Å². The molecule has 0 unspecified atom stereocenters. The summed E-state index contributed by atoms with van der Waals surface area (Å²) >= 11 is 0. The summed E-state index contributed by atoms with van der Waals surface area (Å²) in [6.45, 7) is 6.30. The first-order valence-electron chi connectivity index (χ1n) is 35.4. The summed E-state index contributed by atoms with van der Waals surface area (Å²) in [5.41, 5.74) is 10.8. The van der Waals surface area contributed by atoms with Crippen molar-refractivity contribution < 1.29 is 58.5 Å². The zero-order chi connectivity index (χ0) is 64.7. The van der Waals surface area contributed by atoms with Crippen LogP contribution < -0.4 is 27.4 Å². The van der Waals surface area contributed by atoms with Crippen LogP contribution >= 0.6 is 0 Å². The van der Waals surface area contributed by atoms with Crippen molar-refractivity contribution in [1.29, 1.82) is 0 Å². The number of unbranched alkanes of at least 4 members (excludes halogenated alkanes) is 25. The number of carbonyl (C=O) groups excluding carboxylic acids is 9. The van der Waals surface area contributed by atoms with Crippen molar-refractivity contribution >= 4 is 52.4 Å². The minimum absolute atomic E-state index is 0.0558. The Labute approximate surface area is 529 Å². The Morgan fingerprint density at radius 2 is 0.402 bits per heavy atom. The third-order valence-electron chi connectivity index (χ3n) is 15.4. The van der Waals surface area contributed by atoms with Crippen LogP contribution in [0.25, 0.3) is 0 Å². The Hall–Kier alpha value is -3.77. The molecule has 0 aromatic heterocycles. The first-order chi connectivity index (χ1) is 42.3. The summed E-state index contributed by atoms with van der Waals surface area (Å²) in [5, 5.41) is 35.0. The molecule has 0 aliphatic rings. The van der Waals surface area contributed by atoms with Crippen LogP contribution in [0.1, 0.15) is 341 Å². The zero-order valence-corrected chi connectivity index (χ0v) is 55.6. The summed E-state index contributed by atoms with van der Waals surface area (Å²) in [6.07, 6.45) is 43.7. The van der Waals surface area contributed by atoms with Gasteiger partial charge in [-0.1, -0.05) is 96.8 Å². The summed E-state index contributed by atoms with van der Waals surface area (Å²) in [5.74, 6) is 2.05. The van der Waals surface area contributed by atoms with E-state index >= 15 is 0 Å². The van der Waals surface area contributed by atoms with E-state index in [1.54, 1.807) is 0 Å². The Kier molecular flexibility index (Phi) is 73.3. The van der Waals surface area contributed by atoms with Crippen LogP contribution in [-0.4, -0.2) is 120 Å². The number of nitrogens with one attached hydrogen (secondary N) is 3. The Balaban J connectivity index is -0.00000126. The maximum Gasteiger partial charge on any atom is 0.219 e. The smallest absolute Gasteiger partial charge is 0.219 e. The second kappa shape index (κ2) is 73.0. The maximum atomic E-state index is 12.0. The number of nitrogens with two attached hydrogens (primary N) is 2. The highest BCUT2D eigenvalue weighted by atomic mass is 16.3. The lowest BCUT2D eigenvalue weighted by Gasteiger charge is -2.06. The number of hydrogen-bond donors (Lipinski definition) is 8.